The highest BCUT2D eigenvalue weighted by atomic mass is 16.3. The maximum absolute atomic E-state index is 12.8. The van der Waals surface area contributed by atoms with Gasteiger partial charge in [-0.2, -0.15) is 0 Å². The van der Waals surface area contributed by atoms with Crippen LogP contribution >= 0.6 is 0 Å². The SMILES string of the molecule is O=C(c1cccc2ccccc12)N(CCO)C1CCC1. The topological polar surface area (TPSA) is 40.5 Å². The van der Waals surface area contributed by atoms with Crippen molar-refractivity contribution in [1.82, 2.24) is 4.90 Å². The van der Waals surface area contributed by atoms with E-state index in [0.29, 0.717) is 12.6 Å². The van der Waals surface area contributed by atoms with Crippen molar-refractivity contribution in [2.75, 3.05) is 13.2 Å². The van der Waals surface area contributed by atoms with E-state index >= 15 is 0 Å². The Morgan fingerprint density at radius 2 is 1.90 bits per heavy atom. The van der Waals surface area contributed by atoms with Gasteiger partial charge < -0.3 is 10.0 Å². The molecule has 2 aromatic carbocycles. The van der Waals surface area contributed by atoms with Crippen LogP contribution in [0.1, 0.15) is 29.6 Å². The number of carbonyl (C=O) groups excluding carboxylic acids is 1. The predicted molar refractivity (Wildman–Crippen MR) is 79.7 cm³/mol. The lowest BCUT2D eigenvalue weighted by Gasteiger charge is -2.37. The molecule has 104 valence electrons. The van der Waals surface area contributed by atoms with Crippen LogP contribution in [0.25, 0.3) is 10.8 Å². The van der Waals surface area contributed by atoms with Crippen LogP contribution in [-0.4, -0.2) is 35.1 Å². The number of fused-ring (bicyclic) bond motifs is 1. The fourth-order valence-corrected chi connectivity index (χ4v) is 2.82. The summed E-state index contributed by atoms with van der Waals surface area (Å²) in [6, 6.07) is 14.1. The van der Waals surface area contributed by atoms with Crippen LogP contribution in [0.4, 0.5) is 0 Å². The molecule has 3 rings (SSSR count). The second-order valence-corrected chi connectivity index (χ2v) is 5.33. The summed E-state index contributed by atoms with van der Waals surface area (Å²) in [6.45, 7) is 0.444. The van der Waals surface area contributed by atoms with Gasteiger partial charge in [0.2, 0.25) is 0 Å². The average molecular weight is 269 g/mol. The fourth-order valence-electron chi connectivity index (χ4n) is 2.82. The van der Waals surface area contributed by atoms with E-state index in [9.17, 15) is 9.90 Å². The lowest BCUT2D eigenvalue weighted by atomic mass is 9.90. The van der Waals surface area contributed by atoms with Gasteiger partial charge in [-0.05, 0) is 36.1 Å². The third kappa shape index (κ3) is 2.29. The Bertz CT molecular complexity index is 614. The number of carbonyl (C=O) groups is 1. The van der Waals surface area contributed by atoms with Crippen molar-refractivity contribution in [2.45, 2.75) is 25.3 Å². The maximum Gasteiger partial charge on any atom is 0.254 e. The molecule has 1 aliphatic rings. The van der Waals surface area contributed by atoms with Crippen molar-refractivity contribution in [2.24, 2.45) is 0 Å². The summed E-state index contributed by atoms with van der Waals surface area (Å²) >= 11 is 0. The number of aliphatic hydroxyl groups is 1. The van der Waals surface area contributed by atoms with Gasteiger partial charge in [-0.15, -0.1) is 0 Å². The van der Waals surface area contributed by atoms with Crippen molar-refractivity contribution in [3.8, 4) is 0 Å². The van der Waals surface area contributed by atoms with Crippen molar-refractivity contribution >= 4 is 16.7 Å². The molecule has 0 radical (unpaired) electrons. The Kier molecular flexibility index (Phi) is 3.70. The van der Waals surface area contributed by atoms with Gasteiger partial charge in [-0.3, -0.25) is 4.79 Å². The van der Waals surface area contributed by atoms with Gasteiger partial charge in [0.25, 0.3) is 5.91 Å². The molecule has 2 aromatic rings. The molecule has 0 atom stereocenters. The van der Waals surface area contributed by atoms with Crippen LogP contribution in [0.3, 0.4) is 0 Å². The van der Waals surface area contributed by atoms with Crippen LogP contribution in [-0.2, 0) is 0 Å². The van der Waals surface area contributed by atoms with Gasteiger partial charge >= 0.3 is 0 Å². The van der Waals surface area contributed by atoms with Crippen LogP contribution in [0.5, 0.6) is 0 Å². The monoisotopic (exact) mass is 269 g/mol. The number of rotatable bonds is 4. The fraction of sp³-hybridized carbons (Fsp3) is 0.353. The van der Waals surface area contributed by atoms with Crippen molar-refractivity contribution < 1.29 is 9.90 Å². The summed E-state index contributed by atoms with van der Waals surface area (Å²) in [5, 5.41) is 11.3. The Hall–Kier alpha value is -1.87. The van der Waals surface area contributed by atoms with E-state index in [1.54, 1.807) is 0 Å². The molecule has 0 saturated heterocycles. The molecule has 0 spiro atoms. The van der Waals surface area contributed by atoms with Crippen LogP contribution in [0.15, 0.2) is 42.5 Å². The number of hydrogen-bond acceptors (Lipinski definition) is 2. The largest absolute Gasteiger partial charge is 0.395 e. The van der Waals surface area contributed by atoms with E-state index in [2.05, 4.69) is 0 Å². The molecule has 3 heteroatoms. The third-order valence-corrected chi connectivity index (χ3v) is 4.14. The highest BCUT2D eigenvalue weighted by Gasteiger charge is 2.29. The molecule has 1 N–H and O–H groups in total. The first kappa shape index (κ1) is 13.1. The van der Waals surface area contributed by atoms with Gasteiger partial charge in [0, 0.05) is 18.2 Å². The molecule has 0 bridgehead atoms. The zero-order valence-electron chi connectivity index (χ0n) is 11.5. The number of hydrogen-bond donors (Lipinski definition) is 1. The van der Waals surface area contributed by atoms with Crippen molar-refractivity contribution in [1.29, 1.82) is 0 Å². The normalized spacial score (nSPS) is 15.1. The van der Waals surface area contributed by atoms with E-state index in [0.717, 1.165) is 29.2 Å². The first-order valence-electron chi connectivity index (χ1n) is 7.21. The predicted octanol–water partition coefficient (Wildman–Crippen LogP) is 2.83. The standard InChI is InChI=1S/C17H19NO2/c19-12-11-18(14-7-4-8-14)17(20)16-10-3-6-13-5-1-2-9-15(13)16/h1-3,5-6,9-10,14,19H,4,7-8,11-12H2. The van der Waals surface area contributed by atoms with E-state index in [-0.39, 0.29) is 12.5 Å². The first-order valence-corrected chi connectivity index (χ1v) is 7.21. The first-order chi connectivity index (χ1) is 9.81. The third-order valence-electron chi connectivity index (χ3n) is 4.14. The van der Waals surface area contributed by atoms with Gasteiger partial charge in [0.1, 0.15) is 0 Å². The van der Waals surface area contributed by atoms with Crippen LogP contribution in [0.2, 0.25) is 0 Å². The second kappa shape index (κ2) is 5.63. The molecule has 1 saturated carbocycles. The highest BCUT2D eigenvalue weighted by molar-refractivity contribution is 6.07. The molecule has 0 aromatic heterocycles. The molecule has 1 amide bonds. The van der Waals surface area contributed by atoms with E-state index in [1.807, 2.05) is 47.4 Å². The molecule has 0 unspecified atom stereocenters. The minimum atomic E-state index is 0.0208. The Morgan fingerprint density at radius 3 is 2.60 bits per heavy atom. The van der Waals surface area contributed by atoms with Gasteiger partial charge in [0.15, 0.2) is 0 Å². The summed E-state index contributed by atoms with van der Waals surface area (Å²) in [5.74, 6) is 0.0422. The molecule has 1 aliphatic carbocycles. The minimum absolute atomic E-state index is 0.0208. The molecular weight excluding hydrogens is 250 g/mol. The van der Waals surface area contributed by atoms with Gasteiger partial charge in [-0.25, -0.2) is 0 Å². The maximum atomic E-state index is 12.8. The van der Waals surface area contributed by atoms with Crippen molar-refractivity contribution in [3.05, 3.63) is 48.0 Å². The molecule has 3 nitrogen and oxygen atoms in total. The lowest BCUT2D eigenvalue weighted by molar-refractivity contribution is 0.0528. The smallest absolute Gasteiger partial charge is 0.254 e. The van der Waals surface area contributed by atoms with Crippen molar-refractivity contribution in [3.63, 3.8) is 0 Å². The number of nitrogens with zero attached hydrogens (tertiary/aromatic N) is 1. The number of benzene rings is 2. The van der Waals surface area contributed by atoms with Crippen LogP contribution < -0.4 is 0 Å². The Labute approximate surface area is 118 Å². The number of aliphatic hydroxyl groups excluding tert-OH is 1. The summed E-state index contributed by atoms with van der Waals surface area (Å²) in [6.07, 6.45) is 3.28. The Morgan fingerprint density at radius 1 is 1.15 bits per heavy atom. The summed E-state index contributed by atoms with van der Waals surface area (Å²) in [5.41, 5.74) is 0.739. The van der Waals surface area contributed by atoms with Gasteiger partial charge in [-0.1, -0.05) is 36.4 Å². The quantitative estimate of drug-likeness (QED) is 0.927. The van der Waals surface area contributed by atoms with E-state index < -0.39 is 0 Å². The van der Waals surface area contributed by atoms with Crippen LogP contribution in [0, 0.1) is 0 Å². The summed E-state index contributed by atoms with van der Waals surface area (Å²) < 4.78 is 0. The van der Waals surface area contributed by atoms with E-state index in [4.69, 9.17) is 0 Å². The summed E-state index contributed by atoms with van der Waals surface area (Å²) in [7, 11) is 0. The second-order valence-electron chi connectivity index (χ2n) is 5.33. The molecule has 0 aliphatic heterocycles. The molecular formula is C17H19NO2. The Balaban J connectivity index is 1.98. The summed E-state index contributed by atoms with van der Waals surface area (Å²) in [4.78, 5) is 14.6. The zero-order valence-corrected chi connectivity index (χ0v) is 11.5. The molecule has 1 fully saturated rings. The zero-order chi connectivity index (χ0) is 13.9. The lowest BCUT2D eigenvalue weighted by Crippen LogP contribution is -2.45. The average Bonchev–Trinajstić information content (AvgIpc) is 2.43. The highest BCUT2D eigenvalue weighted by Crippen LogP contribution is 2.28. The number of amides is 1. The van der Waals surface area contributed by atoms with E-state index in [1.165, 1.54) is 6.42 Å². The van der Waals surface area contributed by atoms with Gasteiger partial charge in [0.05, 0.1) is 6.61 Å². The minimum Gasteiger partial charge on any atom is -0.395 e. The molecule has 20 heavy (non-hydrogen) atoms. The molecule has 0 heterocycles.